The Morgan fingerprint density at radius 2 is 1.52 bits per heavy atom. The van der Waals surface area contributed by atoms with Crippen LogP contribution in [0.1, 0.15) is 11.1 Å². The van der Waals surface area contributed by atoms with E-state index in [0.717, 1.165) is 18.0 Å². The van der Waals surface area contributed by atoms with Gasteiger partial charge in [-0.15, -0.1) is 5.10 Å². The highest BCUT2D eigenvalue weighted by Crippen LogP contribution is 2.25. The molecule has 29 heavy (non-hydrogen) atoms. The zero-order valence-electron chi connectivity index (χ0n) is 14.7. The summed E-state index contributed by atoms with van der Waals surface area (Å²) in [6, 6.07) is 8.51. The van der Waals surface area contributed by atoms with Crippen LogP contribution in [0.25, 0.3) is 0 Å². The lowest BCUT2D eigenvalue weighted by atomic mass is 10.2. The monoisotopic (exact) mass is 454 g/mol. The average Bonchev–Trinajstić information content (AvgIpc) is 2.68. The first-order chi connectivity index (χ1) is 13.8. The van der Waals surface area contributed by atoms with Crippen LogP contribution in [0.2, 0.25) is 10.0 Å². The highest BCUT2D eigenvalue weighted by Gasteiger charge is 2.15. The molecule has 0 saturated carbocycles. The van der Waals surface area contributed by atoms with Crippen molar-refractivity contribution in [2.75, 3.05) is 6.26 Å². The van der Waals surface area contributed by atoms with Gasteiger partial charge in [-0.05, 0) is 18.4 Å². The minimum atomic E-state index is -0.578. The van der Waals surface area contributed by atoms with E-state index >= 15 is 0 Å². The molecule has 0 spiro atoms. The number of nitrogens with zero attached hydrogens (tertiary/aromatic N) is 5. The summed E-state index contributed by atoms with van der Waals surface area (Å²) in [5.41, 5.74) is 2.40. The molecular formula is C16H12Cl2N6O4S. The van der Waals surface area contributed by atoms with Crippen LogP contribution >= 0.6 is 35.0 Å². The van der Waals surface area contributed by atoms with Crippen LogP contribution < -0.4 is 5.43 Å². The summed E-state index contributed by atoms with van der Waals surface area (Å²) < 4.78 is 0. The smallest absolute Gasteiger partial charge is 0.258 e. The van der Waals surface area contributed by atoms with Crippen molar-refractivity contribution in [2.24, 2.45) is 15.3 Å². The lowest BCUT2D eigenvalue weighted by Gasteiger charge is -2.01. The fourth-order valence-electron chi connectivity index (χ4n) is 2.03. The number of nitro groups is 2. The van der Waals surface area contributed by atoms with E-state index in [9.17, 15) is 20.2 Å². The maximum atomic E-state index is 11.1. The van der Waals surface area contributed by atoms with Gasteiger partial charge in [0.25, 0.3) is 11.4 Å². The molecule has 0 heterocycles. The molecule has 0 bridgehead atoms. The van der Waals surface area contributed by atoms with E-state index in [0.29, 0.717) is 0 Å². The van der Waals surface area contributed by atoms with E-state index in [2.05, 4.69) is 20.7 Å². The van der Waals surface area contributed by atoms with Gasteiger partial charge in [-0.3, -0.25) is 25.7 Å². The van der Waals surface area contributed by atoms with Crippen molar-refractivity contribution in [3.63, 3.8) is 0 Å². The van der Waals surface area contributed by atoms with Gasteiger partial charge in [-0.1, -0.05) is 47.1 Å². The summed E-state index contributed by atoms with van der Waals surface area (Å²) in [5, 5.41) is 34.2. The number of halogens is 2. The number of amidine groups is 1. The summed E-state index contributed by atoms with van der Waals surface area (Å²) >= 11 is 13.1. The number of nitro benzene ring substituents is 2. The first kappa shape index (κ1) is 22.3. The lowest BCUT2D eigenvalue weighted by molar-refractivity contribution is -0.385. The molecule has 0 aliphatic carbocycles. The van der Waals surface area contributed by atoms with Crippen molar-refractivity contribution in [1.29, 1.82) is 0 Å². The topological polar surface area (TPSA) is 135 Å². The van der Waals surface area contributed by atoms with Crippen LogP contribution in [0.4, 0.5) is 11.4 Å². The van der Waals surface area contributed by atoms with Gasteiger partial charge in [0.15, 0.2) is 0 Å². The second kappa shape index (κ2) is 10.5. The molecule has 0 aliphatic heterocycles. The summed E-state index contributed by atoms with van der Waals surface area (Å²) in [6.45, 7) is 0. The Hall–Kier alpha value is -3.02. The molecule has 150 valence electrons. The first-order valence-electron chi connectivity index (χ1n) is 7.65. The van der Waals surface area contributed by atoms with Crippen LogP contribution in [-0.4, -0.2) is 33.7 Å². The zero-order valence-corrected chi connectivity index (χ0v) is 17.0. The van der Waals surface area contributed by atoms with E-state index in [-0.39, 0.29) is 37.7 Å². The second-order valence-corrected chi connectivity index (χ2v) is 6.69. The van der Waals surface area contributed by atoms with Crippen molar-refractivity contribution in [3.8, 4) is 0 Å². The standard InChI is InChI=1S/C16H12Cl2N6O4S/c1-29-16(21-19-8-10-12(17)4-2-6-14(10)23(25)26)22-20-9-11-13(18)5-3-7-15(11)24(27)28/h2-9H,1H3,(H,21,22)/b19-8+,20-9+. The van der Waals surface area contributed by atoms with Gasteiger partial charge in [-0.2, -0.15) is 10.2 Å². The molecule has 2 rings (SSSR count). The van der Waals surface area contributed by atoms with Crippen LogP contribution in [-0.2, 0) is 0 Å². The molecule has 0 radical (unpaired) electrons. The molecule has 0 fully saturated rings. The van der Waals surface area contributed by atoms with E-state index in [1.54, 1.807) is 6.26 Å². The molecule has 1 N–H and O–H groups in total. The molecule has 2 aromatic rings. The Morgan fingerprint density at radius 3 is 2.00 bits per heavy atom. The van der Waals surface area contributed by atoms with Gasteiger partial charge >= 0.3 is 0 Å². The number of rotatable bonds is 6. The van der Waals surface area contributed by atoms with Crippen molar-refractivity contribution in [1.82, 2.24) is 5.43 Å². The maximum Gasteiger partial charge on any atom is 0.279 e. The van der Waals surface area contributed by atoms with Crippen LogP contribution in [0.5, 0.6) is 0 Å². The van der Waals surface area contributed by atoms with E-state index in [1.165, 1.54) is 42.6 Å². The number of hydrazone groups is 1. The van der Waals surface area contributed by atoms with Crippen molar-refractivity contribution < 1.29 is 9.85 Å². The largest absolute Gasteiger partial charge is 0.279 e. The van der Waals surface area contributed by atoms with Crippen LogP contribution in [0, 0.1) is 20.2 Å². The Kier molecular flexibility index (Phi) is 8.07. The fraction of sp³-hybridized carbons (Fsp3) is 0.0625. The summed E-state index contributed by atoms with van der Waals surface area (Å²) in [7, 11) is 0. The number of nitrogens with one attached hydrogen (secondary N) is 1. The highest BCUT2D eigenvalue weighted by atomic mass is 35.5. The minimum absolute atomic E-state index is 0.110. The third-order valence-corrected chi connectivity index (χ3v) is 4.55. The van der Waals surface area contributed by atoms with Crippen molar-refractivity contribution in [2.45, 2.75) is 0 Å². The first-order valence-corrected chi connectivity index (χ1v) is 9.63. The van der Waals surface area contributed by atoms with Crippen LogP contribution in [0.15, 0.2) is 51.7 Å². The number of benzene rings is 2. The summed E-state index contributed by atoms with van der Waals surface area (Å²) in [5.74, 6) is 0. The van der Waals surface area contributed by atoms with Gasteiger partial charge in [-0.25, -0.2) is 0 Å². The highest BCUT2D eigenvalue weighted by molar-refractivity contribution is 8.13. The summed E-state index contributed by atoms with van der Waals surface area (Å²) in [4.78, 5) is 21.0. The van der Waals surface area contributed by atoms with Gasteiger partial charge < -0.3 is 0 Å². The van der Waals surface area contributed by atoms with E-state index in [1.807, 2.05) is 0 Å². The quantitative estimate of drug-likeness (QED) is 0.295. The molecule has 0 saturated heterocycles. The van der Waals surface area contributed by atoms with Gasteiger partial charge in [0.1, 0.15) is 0 Å². The zero-order chi connectivity index (χ0) is 21.4. The molecule has 0 atom stereocenters. The Morgan fingerprint density at radius 1 is 1.00 bits per heavy atom. The minimum Gasteiger partial charge on any atom is -0.258 e. The van der Waals surface area contributed by atoms with Gasteiger partial charge in [0.05, 0.1) is 43.4 Å². The number of hydrogen-bond donors (Lipinski definition) is 1. The van der Waals surface area contributed by atoms with Crippen LogP contribution in [0.3, 0.4) is 0 Å². The predicted molar refractivity (Wildman–Crippen MR) is 115 cm³/mol. The fourth-order valence-corrected chi connectivity index (χ4v) is 2.73. The third-order valence-electron chi connectivity index (χ3n) is 3.34. The lowest BCUT2D eigenvalue weighted by Crippen LogP contribution is -2.13. The molecule has 0 amide bonds. The summed E-state index contributed by atoms with van der Waals surface area (Å²) in [6.07, 6.45) is 4.03. The third kappa shape index (κ3) is 5.98. The predicted octanol–water partition coefficient (Wildman–Crippen LogP) is 4.49. The SMILES string of the molecule is CS/C(=N/N=C/c1c(Cl)cccc1[N+](=O)[O-])N/N=C/c1c(Cl)cccc1[N+](=O)[O-]. The Labute approximate surface area is 178 Å². The molecule has 10 nitrogen and oxygen atoms in total. The Bertz CT molecular complexity index is 1030. The molecule has 0 unspecified atom stereocenters. The van der Waals surface area contributed by atoms with Crippen molar-refractivity contribution >= 4 is 63.9 Å². The maximum absolute atomic E-state index is 11.1. The van der Waals surface area contributed by atoms with Gasteiger partial charge in [0, 0.05) is 12.1 Å². The molecule has 2 aromatic carbocycles. The second-order valence-electron chi connectivity index (χ2n) is 5.08. The van der Waals surface area contributed by atoms with Gasteiger partial charge in [0.2, 0.25) is 5.17 Å². The molecule has 13 heteroatoms. The normalized spacial score (nSPS) is 11.9. The van der Waals surface area contributed by atoms with Crippen molar-refractivity contribution in [3.05, 3.63) is 77.8 Å². The number of hydrogen-bond acceptors (Lipinski definition) is 8. The molecular weight excluding hydrogens is 443 g/mol. The molecule has 0 aromatic heterocycles. The number of thioether (sulfide) groups is 1. The van der Waals surface area contributed by atoms with E-state index < -0.39 is 9.85 Å². The van der Waals surface area contributed by atoms with E-state index in [4.69, 9.17) is 23.2 Å². The average molecular weight is 455 g/mol. The molecule has 0 aliphatic rings. The Balaban J connectivity index is 2.19.